The molecule has 0 aromatic carbocycles. The summed E-state index contributed by atoms with van der Waals surface area (Å²) in [5.74, 6) is 0.588. The molecule has 0 aliphatic rings. The van der Waals surface area contributed by atoms with Crippen molar-refractivity contribution in [2.45, 2.75) is 40.2 Å². The molecule has 0 radical (unpaired) electrons. The van der Waals surface area contributed by atoms with E-state index in [0.717, 1.165) is 9.15 Å². The number of ether oxygens (including phenoxy) is 1. The van der Waals surface area contributed by atoms with E-state index >= 15 is 0 Å². The van der Waals surface area contributed by atoms with E-state index < -0.39 is 11.7 Å². The Bertz CT molecular complexity index is 727. The lowest BCUT2D eigenvalue weighted by molar-refractivity contribution is 0.0514. The van der Waals surface area contributed by atoms with Crippen LogP contribution in [-0.2, 0) is 4.74 Å². The molecule has 0 bridgehead atoms. The van der Waals surface area contributed by atoms with Crippen molar-refractivity contribution in [1.82, 2.24) is 14.8 Å². The Hall–Kier alpha value is -2.00. The third-order valence-electron chi connectivity index (χ3n) is 2.41. The summed E-state index contributed by atoms with van der Waals surface area (Å²) < 4.78 is 7.11. The maximum Gasteiger partial charge on any atom is 0.435 e. The van der Waals surface area contributed by atoms with E-state index in [-0.39, 0.29) is 0 Å². The van der Waals surface area contributed by atoms with Crippen molar-refractivity contribution >= 4 is 50.9 Å². The van der Waals surface area contributed by atoms with Gasteiger partial charge in [-0.05, 0) is 61.1 Å². The Kier molecular flexibility index (Phi) is 7.98. The first-order chi connectivity index (χ1) is 11.7. The number of aromatic nitrogens is 3. The second-order valence-electron chi connectivity index (χ2n) is 5.57. The number of rotatable bonds is 2. The van der Waals surface area contributed by atoms with Crippen LogP contribution < -0.4 is 10.6 Å². The molecule has 136 valence electrons. The quantitative estimate of drug-likeness (QED) is 0.674. The Labute approximate surface area is 161 Å². The second kappa shape index (κ2) is 9.47. The van der Waals surface area contributed by atoms with E-state index in [2.05, 4.69) is 36.6 Å². The van der Waals surface area contributed by atoms with Gasteiger partial charge in [0, 0.05) is 6.20 Å². The van der Waals surface area contributed by atoms with Crippen LogP contribution in [0, 0.1) is 0 Å². The SMILES string of the molecule is CC.CC(C)(C)OC(=O)n1cc(NC(=S)Nc2ncccc2Br)cn1. The van der Waals surface area contributed by atoms with E-state index in [4.69, 9.17) is 17.0 Å². The Morgan fingerprint density at radius 3 is 2.60 bits per heavy atom. The summed E-state index contributed by atoms with van der Waals surface area (Å²) >= 11 is 8.58. The summed E-state index contributed by atoms with van der Waals surface area (Å²) in [6, 6.07) is 3.65. The van der Waals surface area contributed by atoms with Gasteiger partial charge < -0.3 is 15.4 Å². The van der Waals surface area contributed by atoms with Crippen molar-refractivity contribution in [2.24, 2.45) is 0 Å². The summed E-state index contributed by atoms with van der Waals surface area (Å²) in [5, 5.41) is 10.1. The zero-order valence-electron chi connectivity index (χ0n) is 14.8. The molecule has 0 spiro atoms. The summed E-state index contributed by atoms with van der Waals surface area (Å²) in [7, 11) is 0. The second-order valence-corrected chi connectivity index (χ2v) is 6.83. The van der Waals surface area contributed by atoms with Gasteiger partial charge in [-0.2, -0.15) is 9.78 Å². The van der Waals surface area contributed by atoms with Crippen molar-refractivity contribution in [3.05, 3.63) is 35.2 Å². The van der Waals surface area contributed by atoms with Crippen LogP contribution in [0.3, 0.4) is 0 Å². The fraction of sp³-hybridized carbons (Fsp3) is 0.375. The number of nitrogens with one attached hydrogen (secondary N) is 2. The van der Waals surface area contributed by atoms with Gasteiger partial charge in [-0.15, -0.1) is 0 Å². The van der Waals surface area contributed by atoms with Crippen LogP contribution >= 0.6 is 28.1 Å². The molecule has 0 fully saturated rings. The van der Waals surface area contributed by atoms with Gasteiger partial charge in [0.1, 0.15) is 11.4 Å². The summed E-state index contributed by atoms with van der Waals surface area (Å²) in [6.45, 7) is 9.37. The number of carbonyl (C=O) groups is 1. The van der Waals surface area contributed by atoms with Gasteiger partial charge in [-0.25, -0.2) is 9.78 Å². The molecule has 0 saturated carbocycles. The molecule has 2 aromatic heterocycles. The molecule has 25 heavy (non-hydrogen) atoms. The van der Waals surface area contributed by atoms with Crippen LogP contribution in [-0.4, -0.2) is 31.6 Å². The summed E-state index contributed by atoms with van der Waals surface area (Å²) in [4.78, 5) is 16.0. The van der Waals surface area contributed by atoms with Crippen molar-refractivity contribution < 1.29 is 9.53 Å². The fourth-order valence-corrected chi connectivity index (χ4v) is 2.11. The van der Waals surface area contributed by atoms with Crippen LogP contribution in [0.1, 0.15) is 34.6 Å². The van der Waals surface area contributed by atoms with Gasteiger partial charge in [0.2, 0.25) is 0 Å². The molecular weight excluding hydrogens is 406 g/mol. The number of carbonyl (C=O) groups excluding carboxylic acids is 1. The number of pyridine rings is 1. The maximum atomic E-state index is 11.9. The highest BCUT2D eigenvalue weighted by Gasteiger charge is 2.18. The van der Waals surface area contributed by atoms with Gasteiger partial charge in [-0.3, -0.25) is 0 Å². The zero-order valence-corrected chi connectivity index (χ0v) is 17.2. The lowest BCUT2D eigenvalue weighted by Crippen LogP contribution is -2.27. The predicted octanol–water partition coefficient (Wildman–Crippen LogP) is 4.66. The van der Waals surface area contributed by atoms with Crippen molar-refractivity contribution in [3.63, 3.8) is 0 Å². The van der Waals surface area contributed by atoms with Crippen molar-refractivity contribution in [1.29, 1.82) is 0 Å². The number of anilines is 2. The Morgan fingerprint density at radius 1 is 1.32 bits per heavy atom. The van der Waals surface area contributed by atoms with Gasteiger partial charge in [0.25, 0.3) is 0 Å². The number of nitrogens with zero attached hydrogens (tertiary/aromatic N) is 3. The molecule has 7 nitrogen and oxygen atoms in total. The minimum atomic E-state index is -0.585. The van der Waals surface area contributed by atoms with Crippen LogP contribution in [0.2, 0.25) is 0 Å². The Balaban J connectivity index is 0.00000151. The standard InChI is InChI=1S/C14H16BrN5O2S.C2H6/c1-14(2,3)22-13(21)20-8-9(7-17-20)18-12(23)19-11-10(15)5-4-6-16-11;1-2/h4-8H,1-3H3,(H2,16,18,19,23);1-2H3. The minimum absolute atomic E-state index is 0.327. The van der Waals surface area contributed by atoms with Crippen LogP contribution in [0.25, 0.3) is 0 Å². The minimum Gasteiger partial charge on any atom is -0.442 e. The van der Waals surface area contributed by atoms with Crippen molar-refractivity contribution in [2.75, 3.05) is 10.6 Å². The first-order valence-corrected chi connectivity index (χ1v) is 8.91. The largest absolute Gasteiger partial charge is 0.442 e. The van der Waals surface area contributed by atoms with E-state index in [9.17, 15) is 4.79 Å². The molecule has 0 saturated heterocycles. The van der Waals surface area contributed by atoms with Gasteiger partial charge in [0.15, 0.2) is 5.11 Å². The average molecular weight is 428 g/mol. The number of hydrogen-bond donors (Lipinski definition) is 2. The number of hydrogen-bond acceptors (Lipinski definition) is 5. The third kappa shape index (κ3) is 7.18. The van der Waals surface area contributed by atoms with Crippen LogP contribution in [0.5, 0.6) is 0 Å². The molecule has 0 aliphatic heterocycles. The smallest absolute Gasteiger partial charge is 0.435 e. The van der Waals surface area contributed by atoms with Crippen molar-refractivity contribution in [3.8, 4) is 0 Å². The molecule has 0 amide bonds. The molecule has 0 atom stereocenters. The highest BCUT2D eigenvalue weighted by atomic mass is 79.9. The lowest BCUT2D eigenvalue weighted by Gasteiger charge is -2.18. The monoisotopic (exact) mass is 427 g/mol. The van der Waals surface area contributed by atoms with Gasteiger partial charge >= 0.3 is 6.09 Å². The summed E-state index contributed by atoms with van der Waals surface area (Å²) in [6.07, 6.45) is 4.06. The van der Waals surface area contributed by atoms with E-state index in [0.29, 0.717) is 16.6 Å². The summed E-state index contributed by atoms with van der Waals surface area (Å²) in [5.41, 5.74) is -0.0286. The van der Waals surface area contributed by atoms with Crippen LogP contribution in [0.4, 0.5) is 16.3 Å². The molecule has 0 aliphatic carbocycles. The third-order valence-corrected chi connectivity index (χ3v) is 3.26. The molecule has 0 unspecified atom stereocenters. The normalized spacial score (nSPS) is 10.3. The maximum absolute atomic E-state index is 11.9. The average Bonchev–Trinajstić information content (AvgIpc) is 2.98. The van der Waals surface area contributed by atoms with Gasteiger partial charge in [0.05, 0.1) is 22.6 Å². The zero-order chi connectivity index (χ0) is 19.0. The molecule has 2 heterocycles. The van der Waals surface area contributed by atoms with E-state index in [1.807, 2.05) is 19.9 Å². The lowest BCUT2D eigenvalue weighted by atomic mass is 10.2. The Morgan fingerprint density at radius 2 is 2.00 bits per heavy atom. The van der Waals surface area contributed by atoms with E-state index in [1.165, 1.54) is 12.4 Å². The fourth-order valence-electron chi connectivity index (χ4n) is 1.54. The molecule has 2 rings (SSSR count). The highest BCUT2D eigenvalue weighted by molar-refractivity contribution is 9.10. The van der Waals surface area contributed by atoms with Crippen LogP contribution in [0.15, 0.2) is 35.2 Å². The first-order valence-electron chi connectivity index (χ1n) is 7.71. The van der Waals surface area contributed by atoms with Gasteiger partial charge in [-0.1, -0.05) is 13.8 Å². The number of halogens is 1. The molecule has 9 heteroatoms. The molecule has 2 N–H and O–H groups in total. The topological polar surface area (TPSA) is 81.1 Å². The first kappa shape index (κ1) is 21.0. The van der Waals surface area contributed by atoms with E-state index in [1.54, 1.807) is 33.0 Å². The molecular formula is C16H22BrN5O2S. The highest BCUT2D eigenvalue weighted by Crippen LogP contribution is 2.18. The molecule has 2 aromatic rings. The predicted molar refractivity (Wildman–Crippen MR) is 107 cm³/mol. The number of thiocarbonyl (C=S) groups is 1.